The van der Waals surface area contributed by atoms with E-state index in [9.17, 15) is 9.59 Å². The molecule has 0 saturated carbocycles. The van der Waals surface area contributed by atoms with Crippen LogP contribution in [-0.4, -0.2) is 27.8 Å². The fraction of sp³-hybridized carbons (Fsp3) is 0.0400. The molecule has 7 nitrogen and oxygen atoms in total. The molecule has 1 aliphatic rings. The van der Waals surface area contributed by atoms with E-state index in [1.54, 1.807) is 35.7 Å². The van der Waals surface area contributed by atoms with Crippen LogP contribution < -0.4 is 10.3 Å². The summed E-state index contributed by atoms with van der Waals surface area (Å²) in [7, 11) is 0. The predicted molar refractivity (Wildman–Crippen MR) is 130 cm³/mol. The van der Waals surface area contributed by atoms with Gasteiger partial charge in [0.2, 0.25) is 0 Å². The summed E-state index contributed by atoms with van der Waals surface area (Å²) in [5, 5.41) is 17.7. The predicted octanol–water partition coefficient (Wildman–Crippen LogP) is 4.92. The molecule has 0 saturated heterocycles. The Balaban J connectivity index is 1.34. The molecule has 5 aromatic rings. The highest BCUT2D eigenvalue weighted by molar-refractivity contribution is 7.22. The van der Waals surface area contributed by atoms with E-state index in [1.807, 2.05) is 36.4 Å². The van der Waals surface area contributed by atoms with Crippen molar-refractivity contribution in [1.82, 2.24) is 15.5 Å². The molecule has 6 rings (SSSR count). The molecule has 0 unspecified atom stereocenters. The van der Waals surface area contributed by atoms with Crippen LogP contribution >= 0.6 is 11.3 Å². The third kappa shape index (κ3) is 3.46. The van der Waals surface area contributed by atoms with Gasteiger partial charge in [0.1, 0.15) is 5.84 Å². The van der Waals surface area contributed by atoms with Crippen molar-refractivity contribution in [2.75, 3.05) is 5.01 Å². The van der Waals surface area contributed by atoms with Crippen molar-refractivity contribution in [3.8, 4) is 10.4 Å². The number of hydrogen-bond acceptors (Lipinski definition) is 5. The van der Waals surface area contributed by atoms with Crippen molar-refractivity contribution >= 4 is 55.7 Å². The number of H-pyrrole nitrogens is 1. The van der Waals surface area contributed by atoms with Crippen molar-refractivity contribution in [1.29, 1.82) is 0 Å². The Morgan fingerprint density at radius 1 is 1.00 bits per heavy atom. The van der Waals surface area contributed by atoms with Crippen LogP contribution in [-0.2, 0) is 4.79 Å². The highest BCUT2D eigenvalue weighted by atomic mass is 32.1. The van der Waals surface area contributed by atoms with Crippen LogP contribution in [0.5, 0.6) is 0 Å². The quantitative estimate of drug-likeness (QED) is 0.408. The van der Waals surface area contributed by atoms with Gasteiger partial charge in [0.15, 0.2) is 0 Å². The minimum absolute atomic E-state index is 0.0394. The van der Waals surface area contributed by atoms with Gasteiger partial charge in [0.05, 0.1) is 23.8 Å². The summed E-state index contributed by atoms with van der Waals surface area (Å²) in [5.74, 6) is -0.181. The standard InChI is InChI=1S/C25H17N5O2S/c31-23-13-22(29-30(23)18-7-2-1-3-8-18)27-25(32)16-10-17-14-26-28-24(17)19(11-16)21-12-15-6-4-5-9-20(15)33-21/h1-12,14H,13H2,(H,26,28)(H,27,29,32). The fourth-order valence-corrected chi connectivity index (χ4v) is 5.06. The largest absolute Gasteiger partial charge is 0.308 e. The van der Waals surface area contributed by atoms with Crippen molar-refractivity contribution in [3.63, 3.8) is 0 Å². The Kier molecular flexibility index (Phi) is 4.51. The topological polar surface area (TPSA) is 90.5 Å². The van der Waals surface area contributed by atoms with E-state index < -0.39 is 0 Å². The molecule has 3 aromatic carbocycles. The highest BCUT2D eigenvalue weighted by Gasteiger charge is 2.27. The van der Waals surface area contributed by atoms with Gasteiger partial charge in [-0.3, -0.25) is 14.7 Å². The molecule has 0 atom stereocenters. The first-order valence-corrected chi connectivity index (χ1v) is 11.2. The summed E-state index contributed by atoms with van der Waals surface area (Å²) in [6, 6.07) is 23.1. The number of carbonyl (C=O) groups is 2. The van der Waals surface area contributed by atoms with Crippen molar-refractivity contribution in [3.05, 3.63) is 84.6 Å². The van der Waals surface area contributed by atoms with Gasteiger partial charge >= 0.3 is 0 Å². The zero-order valence-electron chi connectivity index (χ0n) is 17.3. The second-order valence-corrected chi connectivity index (χ2v) is 8.81. The number of aromatic amines is 1. The molecule has 3 heterocycles. The summed E-state index contributed by atoms with van der Waals surface area (Å²) in [4.78, 5) is 26.6. The van der Waals surface area contributed by atoms with Gasteiger partial charge in [-0.05, 0) is 41.8 Å². The maximum atomic E-state index is 13.1. The van der Waals surface area contributed by atoms with Gasteiger partial charge in [0.25, 0.3) is 11.8 Å². The van der Waals surface area contributed by atoms with E-state index in [-0.39, 0.29) is 18.2 Å². The molecule has 0 aliphatic carbocycles. The molecule has 1 aliphatic heterocycles. The minimum Gasteiger partial charge on any atom is -0.308 e. The van der Waals surface area contributed by atoms with Crippen LogP contribution in [0.4, 0.5) is 5.69 Å². The van der Waals surface area contributed by atoms with Crippen LogP contribution in [0, 0.1) is 0 Å². The summed E-state index contributed by atoms with van der Waals surface area (Å²) in [5.41, 5.74) is 2.93. The van der Waals surface area contributed by atoms with Gasteiger partial charge in [-0.25, -0.2) is 0 Å². The first-order chi connectivity index (χ1) is 16.2. The van der Waals surface area contributed by atoms with Crippen LogP contribution in [0.15, 0.2) is 84.1 Å². The maximum absolute atomic E-state index is 13.1. The Hall–Kier alpha value is -4.30. The SMILES string of the molecule is O=C(NC1=NN(c2ccccc2)C(=O)C1)c1cc(-c2cc3ccccc3s2)c2[nH]ncc2c1. The van der Waals surface area contributed by atoms with Crippen LogP contribution in [0.25, 0.3) is 31.4 Å². The number of aromatic nitrogens is 2. The number of para-hydroxylation sites is 1. The monoisotopic (exact) mass is 451 g/mol. The zero-order valence-corrected chi connectivity index (χ0v) is 18.1. The van der Waals surface area contributed by atoms with E-state index in [2.05, 4.69) is 38.8 Å². The Bertz CT molecular complexity index is 1530. The van der Waals surface area contributed by atoms with E-state index in [0.717, 1.165) is 26.7 Å². The average Bonchev–Trinajstić information content (AvgIpc) is 3.56. The number of amidine groups is 1. The number of hydrogen-bond donors (Lipinski definition) is 2. The number of thiophene rings is 1. The lowest BCUT2D eigenvalue weighted by atomic mass is 10.0. The maximum Gasteiger partial charge on any atom is 0.256 e. The zero-order chi connectivity index (χ0) is 22.4. The fourth-order valence-electron chi connectivity index (χ4n) is 3.97. The van der Waals surface area contributed by atoms with E-state index >= 15 is 0 Å². The number of nitrogens with one attached hydrogen (secondary N) is 2. The lowest BCUT2D eigenvalue weighted by Crippen LogP contribution is -2.29. The van der Waals surface area contributed by atoms with E-state index in [4.69, 9.17) is 0 Å². The first kappa shape index (κ1) is 19.4. The molecule has 2 N–H and O–H groups in total. The highest BCUT2D eigenvalue weighted by Crippen LogP contribution is 2.37. The summed E-state index contributed by atoms with van der Waals surface area (Å²) in [6.07, 6.45) is 1.74. The second-order valence-electron chi connectivity index (χ2n) is 7.73. The van der Waals surface area contributed by atoms with Gasteiger partial charge in [-0.1, -0.05) is 36.4 Å². The summed E-state index contributed by atoms with van der Waals surface area (Å²) < 4.78 is 1.18. The smallest absolute Gasteiger partial charge is 0.256 e. The molecule has 33 heavy (non-hydrogen) atoms. The normalized spacial score (nSPS) is 13.6. The van der Waals surface area contributed by atoms with Gasteiger partial charge in [-0.15, -0.1) is 11.3 Å². The van der Waals surface area contributed by atoms with Crippen molar-refractivity contribution < 1.29 is 9.59 Å². The molecule has 2 amide bonds. The van der Waals surface area contributed by atoms with Crippen molar-refractivity contribution in [2.24, 2.45) is 5.10 Å². The molecule has 0 fully saturated rings. The minimum atomic E-state index is -0.318. The Morgan fingerprint density at radius 3 is 2.67 bits per heavy atom. The molecule has 8 heteroatoms. The molecule has 0 radical (unpaired) electrons. The van der Waals surface area contributed by atoms with Gasteiger partial charge < -0.3 is 5.32 Å². The Morgan fingerprint density at radius 2 is 1.82 bits per heavy atom. The van der Waals surface area contributed by atoms with Gasteiger partial charge in [0, 0.05) is 26.1 Å². The van der Waals surface area contributed by atoms with Crippen LogP contribution in [0.3, 0.4) is 0 Å². The molecule has 0 spiro atoms. The number of carbonyl (C=O) groups excluding carboxylic acids is 2. The number of amides is 2. The van der Waals surface area contributed by atoms with Gasteiger partial charge in [-0.2, -0.15) is 15.2 Å². The molecule has 0 bridgehead atoms. The number of anilines is 1. The number of hydrazone groups is 1. The molecule has 2 aromatic heterocycles. The van der Waals surface area contributed by atoms with Crippen LogP contribution in [0.1, 0.15) is 16.8 Å². The Labute approximate surface area is 192 Å². The number of fused-ring (bicyclic) bond motifs is 2. The number of rotatable bonds is 3. The summed E-state index contributed by atoms with van der Waals surface area (Å²) >= 11 is 1.67. The first-order valence-electron chi connectivity index (χ1n) is 10.4. The lowest BCUT2D eigenvalue weighted by Gasteiger charge is -2.10. The average molecular weight is 452 g/mol. The third-order valence-electron chi connectivity index (χ3n) is 5.54. The van der Waals surface area contributed by atoms with E-state index in [1.165, 1.54) is 9.71 Å². The third-order valence-corrected chi connectivity index (χ3v) is 6.69. The number of benzene rings is 3. The second kappa shape index (κ2) is 7.68. The lowest BCUT2D eigenvalue weighted by molar-refractivity contribution is -0.116. The van der Waals surface area contributed by atoms with Crippen molar-refractivity contribution in [2.45, 2.75) is 6.42 Å². The van der Waals surface area contributed by atoms with E-state index in [0.29, 0.717) is 17.1 Å². The molecular formula is C25H17N5O2S. The summed E-state index contributed by atoms with van der Waals surface area (Å²) in [6.45, 7) is 0. The number of nitrogens with zero attached hydrogens (tertiary/aromatic N) is 3. The van der Waals surface area contributed by atoms with Crippen LogP contribution in [0.2, 0.25) is 0 Å². The molecular weight excluding hydrogens is 434 g/mol. The molecule has 160 valence electrons.